The van der Waals surface area contributed by atoms with E-state index in [-0.39, 0.29) is 0 Å². The zero-order valence-electron chi connectivity index (χ0n) is 9.13. The number of phosphoric acid groups is 1. The molecule has 0 unspecified atom stereocenters. The second kappa shape index (κ2) is 5.75. The lowest BCUT2D eigenvalue weighted by Gasteiger charge is -1.99. The van der Waals surface area contributed by atoms with Crippen LogP contribution >= 0.6 is 7.82 Å². The van der Waals surface area contributed by atoms with Crippen LogP contribution in [0.4, 0.5) is 0 Å². The summed E-state index contributed by atoms with van der Waals surface area (Å²) in [7, 11) is -2.64. The number of hydrogen-bond donors (Lipinski definition) is 3. The van der Waals surface area contributed by atoms with E-state index in [1.54, 1.807) is 0 Å². The summed E-state index contributed by atoms with van der Waals surface area (Å²) < 4.78 is 10.9. The second-order valence-corrected chi connectivity index (χ2v) is 4.27. The molecule has 1 aromatic carbocycles. The molecule has 2 rings (SSSR count). The number of aryl methyl sites for hydroxylation is 1. The third kappa shape index (κ3) is 5.42. The maximum Gasteiger partial charge on any atom is 0.466 e. The van der Waals surface area contributed by atoms with Crippen molar-refractivity contribution in [2.24, 2.45) is 7.05 Å². The van der Waals surface area contributed by atoms with Gasteiger partial charge in [-0.3, -0.25) is 0 Å². The first-order chi connectivity index (χ1) is 7.88. The average molecular weight is 256 g/mol. The van der Waals surface area contributed by atoms with Crippen molar-refractivity contribution in [3.05, 3.63) is 42.7 Å². The highest BCUT2D eigenvalue weighted by atomic mass is 31.2. The lowest BCUT2D eigenvalue weighted by Crippen LogP contribution is -1.89. The molecule has 0 spiro atoms. The van der Waals surface area contributed by atoms with Crippen LogP contribution in [-0.4, -0.2) is 24.2 Å². The number of benzene rings is 1. The van der Waals surface area contributed by atoms with Gasteiger partial charge in [0.15, 0.2) is 0 Å². The van der Waals surface area contributed by atoms with Crippen molar-refractivity contribution < 1.29 is 19.2 Å². The van der Waals surface area contributed by atoms with E-state index < -0.39 is 7.82 Å². The van der Waals surface area contributed by atoms with Crippen molar-refractivity contribution in [1.82, 2.24) is 9.55 Å². The van der Waals surface area contributed by atoms with E-state index in [9.17, 15) is 0 Å². The SMILES string of the molecule is Cn1ccnc1-c1ccccc1.O=P(O)(O)O. The fourth-order valence-corrected chi connectivity index (χ4v) is 1.23. The molecular formula is C10H13N2O4P. The summed E-state index contributed by atoms with van der Waals surface area (Å²) in [6, 6.07) is 10.2. The Kier molecular flexibility index (Phi) is 4.60. The van der Waals surface area contributed by atoms with Gasteiger partial charge in [0.1, 0.15) is 5.82 Å². The highest BCUT2D eigenvalue weighted by molar-refractivity contribution is 7.45. The Bertz CT molecular complexity index is 498. The van der Waals surface area contributed by atoms with E-state index in [1.165, 1.54) is 0 Å². The molecule has 2 aromatic rings. The quantitative estimate of drug-likeness (QED) is 0.665. The van der Waals surface area contributed by atoms with E-state index in [0.717, 1.165) is 11.4 Å². The monoisotopic (exact) mass is 256 g/mol. The van der Waals surface area contributed by atoms with E-state index in [0.29, 0.717) is 0 Å². The molecular weight excluding hydrogens is 243 g/mol. The molecule has 0 fully saturated rings. The topological polar surface area (TPSA) is 95.6 Å². The molecule has 0 aliphatic rings. The molecule has 1 aromatic heterocycles. The van der Waals surface area contributed by atoms with Crippen molar-refractivity contribution in [2.45, 2.75) is 0 Å². The van der Waals surface area contributed by atoms with Crippen molar-refractivity contribution in [2.75, 3.05) is 0 Å². The van der Waals surface area contributed by atoms with Gasteiger partial charge >= 0.3 is 7.82 Å². The lowest BCUT2D eigenvalue weighted by molar-refractivity contribution is 0.275. The molecule has 7 heteroatoms. The van der Waals surface area contributed by atoms with Crippen LogP contribution in [0.15, 0.2) is 42.7 Å². The first-order valence-corrected chi connectivity index (χ1v) is 6.25. The smallest absolute Gasteiger partial charge is 0.334 e. The van der Waals surface area contributed by atoms with Crippen LogP contribution in [0.25, 0.3) is 11.4 Å². The maximum atomic E-state index is 8.88. The number of aromatic nitrogens is 2. The Labute approximate surface area is 98.4 Å². The zero-order chi connectivity index (χ0) is 12.9. The highest BCUT2D eigenvalue weighted by Gasteiger charge is 2.00. The van der Waals surface area contributed by atoms with Crippen molar-refractivity contribution in [1.29, 1.82) is 0 Å². The Morgan fingerprint density at radius 1 is 1.18 bits per heavy atom. The molecule has 0 radical (unpaired) electrons. The molecule has 17 heavy (non-hydrogen) atoms. The molecule has 0 aliphatic carbocycles. The Balaban J connectivity index is 0.000000249. The Morgan fingerprint density at radius 2 is 1.71 bits per heavy atom. The van der Waals surface area contributed by atoms with Crippen LogP contribution in [-0.2, 0) is 11.6 Å². The molecule has 0 atom stereocenters. The number of imidazole rings is 1. The van der Waals surface area contributed by atoms with E-state index in [2.05, 4.69) is 17.1 Å². The van der Waals surface area contributed by atoms with E-state index in [4.69, 9.17) is 19.2 Å². The summed E-state index contributed by atoms with van der Waals surface area (Å²) in [4.78, 5) is 25.8. The highest BCUT2D eigenvalue weighted by Crippen LogP contribution is 2.25. The summed E-state index contributed by atoms with van der Waals surface area (Å²) in [5.74, 6) is 1.01. The molecule has 3 N–H and O–H groups in total. The molecule has 92 valence electrons. The zero-order valence-corrected chi connectivity index (χ0v) is 10.0. The third-order valence-electron chi connectivity index (χ3n) is 1.85. The van der Waals surface area contributed by atoms with Gasteiger partial charge in [0.05, 0.1) is 0 Å². The average Bonchev–Trinajstić information content (AvgIpc) is 2.63. The lowest BCUT2D eigenvalue weighted by atomic mass is 10.2. The van der Waals surface area contributed by atoms with Crippen LogP contribution in [0.2, 0.25) is 0 Å². The van der Waals surface area contributed by atoms with Crippen LogP contribution < -0.4 is 0 Å². The summed E-state index contributed by atoms with van der Waals surface area (Å²) in [5.41, 5.74) is 1.16. The van der Waals surface area contributed by atoms with Gasteiger partial charge in [-0.05, 0) is 0 Å². The van der Waals surface area contributed by atoms with Gasteiger partial charge in [0.2, 0.25) is 0 Å². The van der Waals surface area contributed by atoms with Gasteiger partial charge in [-0.1, -0.05) is 30.3 Å². The first kappa shape index (κ1) is 13.6. The molecule has 0 amide bonds. The van der Waals surface area contributed by atoms with Gasteiger partial charge < -0.3 is 19.2 Å². The minimum Gasteiger partial charge on any atom is -0.334 e. The normalized spacial score (nSPS) is 10.6. The summed E-state index contributed by atoms with van der Waals surface area (Å²) in [6.45, 7) is 0. The van der Waals surface area contributed by atoms with Crippen LogP contribution in [0.5, 0.6) is 0 Å². The first-order valence-electron chi connectivity index (χ1n) is 4.69. The Morgan fingerprint density at radius 3 is 2.12 bits per heavy atom. The van der Waals surface area contributed by atoms with Crippen molar-refractivity contribution >= 4 is 7.82 Å². The fourth-order valence-electron chi connectivity index (χ4n) is 1.23. The van der Waals surface area contributed by atoms with Gasteiger partial charge in [-0.15, -0.1) is 0 Å². The van der Waals surface area contributed by atoms with Crippen molar-refractivity contribution in [3.8, 4) is 11.4 Å². The summed E-state index contributed by atoms with van der Waals surface area (Å²) >= 11 is 0. The fraction of sp³-hybridized carbons (Fsp3) is 0.100. The van der Waals surface area contributed by atoms with Crippen LogP contribution in [0.3, 0.4) is 0 Å². The second-order valence-electron chi connectivity index (χ2n) is 3.24. The molecule has 6 nitrogen and oxygen atoms in total. The molecule has 0 saturated heterocycles. The molecule has 0 bridgehead atoms. The maximum absolute atomic E-state index is 8.88. The van der Waals surface area contributed by atoms with Crippen molar-refractivity contribution in [3.63, 3.8) is 0 Å². The van der Waals surface area contributed by atoms with Gasteiger partial charge in [0, 0.05) is 25.0 Å². The molecule has 0 saturated carbocycles. The van der Waals surface area contributed by atoms with Gasteiger partial charge in [-0.2, -0.15) is 0 Å². The predicted molar refractivity (Wildman–Crippen MR) is 62.9 cm³/mol. The number of hydrogen-bond acceptors (Lipinski definition) is 2. The van der Waals surface area contributed by atoms with Gasteiger partial charge in [-0.25, -0.2) is 9.55 Å². The Hall–Kier alpha value is -1.46. The van der Waals surface area contributed by atoms with Gasteiger partial charge in [0.25, 0.3) is 0 Å². The van der Waals surface area contributed by atoms with Crippen LogP contribution in [0, 0.1) is 0 Å². The molecule has 0 aliphatic heterocycles. The largest absolute Gasteiger partial charge is 0.466 e. The minimum absolute atomic E-state index is 1.01. The van der Waals surface area contributed by atoms with E-state index in [1.807, 2.05) is 42.2 Å². The third-order valence-corrected chi connectivity index (χ3v) is 1.85. The predicted octanol–water partition coefficient (Wildman–Crippen LogP) is 1.16. The minimum atomic E-state index is -4.64. The van der Waals surface area contributed by atoms with Crippen LogP contribution in [0.1, 0.15) is 0 Å². The molecule has 1 heterocycles. The summed E-state index contributed by atoms with van der Waals surface area (Å²) in [5, 5.41) is 0. The van der Waals surface area contributed by atoms with E-state index >= 15 is 0 Å². The number of nitrogens with zero attached hydrogens (tertiary/aromatic N) is 2. The summed E-state index contributed by atoms with van der Waals surface area (Å²) in [6.07, 6.45) is 3.75. The standard InChI is InChI=1S/C10H10N2.H3O4P/c1-12-8-7-11-10(12)9-5-3-2-4-6-9;1-5(2,3)4/h2-8H,1H3;(H3,1,2,3,4). The number of rotatable bonds is 1.